The third-order valence-corrected chi connectivity index (χ3v) is 3.28. The maximum absolute atomic E-state index is 11.5. The summed E-state index contributed by atoms with van der Waals surface area (Å²) in [6.45, 7) is 1.46. The molecule has 0 atom stereocenters. The van der Waals surface area contributed by atoms with Crippen molar-refractivity contribution >= 4 is 21.9 Å². The molecular formula is C16H17NO4. The van der Waals surface area contributed by atoms with Crippen molar-refractivity contribution in [2.75, 3.05) is 27.2 Å². The van der Waals surface area contributed by atoms with Gasteiger partial charge in [0.25, 0.3) is 0 Å². The average Bonchev–Trinajstić information content (AvgIpc) is 2.90. The van der Waals surface area contributed by atoms with Crippen molar-refractivity contribution in [3.05, 3.63) is 40.9 Å². The van der Waals surface area contributed by atoms with Crippen molar-refractivity contribution in [3.63, 3.8) is 0 Å². The largest absolute Gasteiger partial charge is 0.486 e. The first-order valence-electron chi connectivity index (χ1n) is 6.87. The molecule has 5 heteroatoms. The Labute approximate surface area is 121 Å². The number of ether oxygens (including phenoxy) is 1. The third kappa shape index (κ3) is 2.78. The fourth-order valence-corrected chi connectivity index (χ4v) is 2.29. The molecule has 110 valence electrons. The van der Waals surface area contributed by atoms with Gasteiger partial charge in [-0.25, -0.2) is 4.79 Å². The van der Waals surface area contributed by atoms with Crippen LogP contribution in [0.2, 0.25) is 0 Å². The average molecular weight is 287 g/mol. The van der Waals surface area contributed by atoms with Gasteiger partial charge in [-0.3, -0.25) is 0 Å². The topological polar surface area (TPSA) is 55.8 Å². The monoisotopic (exact) mass is 287 g/mol. The van der Waals surface area contributed by atoms with Crippen LogP contribution in [-0.2, 0) is 0 Å². The number of furan rings is 1. The highest BCUT2D eigenvalue weighted by atomic mass is 16.5. The van der Waals surface area contributed by atoms with E-state index >= 15 is 0 Å². The van der Waals surface area contributed by atoms with E-state index in [2.05, 4.69) is 4.90 Å². The molecule has 0 fully saturated rings. The Bertz CT molecular complexity index is 816. The van der Waals surface area contributed by atoms with Crippen molar-refractivity contribution in [2.45, 2.75) is 6.42 Å². The highest BCUT2D eigenvalue weighted by molar-refractivity contribution is 5.99. The molecule has 0 aliphatic heterocycles. The van der Waals surface area contributed by atoms with Crippen molar-refractivity contribution in [2.24, 2.45) is 0 Å². The summed E-state index contributed by atoms with van der Waals surface area (Å²) >= 11 is 0. The zero-order chi connectivity index (χ0) is 14.8. The fourth-order valence-electron chi connectivity index (χ4n) is 2.29. The van der Waals surface area contributed by atoms with Crippen molar-refractivity contribution < 1.29 is 13.6 Å². The molecule has 0 N–H and O–H groups in total. The molecule has 3 aromatic rings. The smallest absolute Gasteiger partial charge is 0.336 e. The van der Waals surface area contributed by atoms with Gasteiger partial charge in [0.15, 0.2) is 11.2 Å². The van der Waals surface area contributed by atoms with E-state index in [-0.39, 0.29) is 0 Å². The van der Waals surface area contributed by atoms with Gasteiger partial charge < -0.3 is 18.5 Å². The van der Waals surface area contributed by atoms with Crippen LogP contribution in [-0.4, -0.2) is 32.1 Å². The molecule has 2 aromatic heterocycles. The number of hydrogen-bond acceptors (Lipinski definition) is 5. The summed E-state index contributed by atoms with van der Waals surface area (Å²) in [5.41, 5.74) is 0.656. The minimum Gasteiger partial charge on any atom is -0.486 e. The fraction of sp³-hybridized carbons (Fsp3) is 0.312. The zero-order valence-electron chi connectivity index (χ0n) is 12.1. The highest BCUT2D eigenvalue weighted by Crippen LogP contribution is 2.34. The molecule has 21 heavy (non-hydrogen) atoms. The minimum absolute atomic E-state index is 0.397. The van der Waals surface area contributed by atoms with Gasteiger partial charge in [-0.2, -0.15) is 0 Å². The van der Waals surface area contributed by atoms with Crippen LogP contribution in [0.25, 0.3) is 21.9 Å². The number of fused-ring (bicyclic) bond motifs is 2. The number of hydrogen-bond donors (Lipinski definition) is 0. The number of benzene rings is 1. The lowest BCUT2D eigenvalue weighted by Crippen LogP contribution is -2.15. The molecule has 0 radical (unpaired) electrons. The first-order valence-corrected chi connectivity index (χ1v) is 6.87. The van der Waals surface area contributed by atoms with Gasteiger partial charge in [0.2, 0.25) is 5.75 Å². The predicted octanol–water partition coefficient (Wildman–Crippen LogP) is 2.87. The lowest BCUT2D eigenvalue weighted by atomic mass is 10.1. The molecule has 2 heterocycles. The van der Waals surface area contributed by atoms with Crippen molar-refractivity contribution in [3.8, 4) is 5.75 Å². The molecular weight excluding hydrogens is 270 g/mol. The van der Waals surface area contributed by atoms with Crippen LogP contribution >= 0.6 is 0 Å². The Morgan fingerprint density at radius 3 is 2.76 bits per heavy atom. The number of nitrogens with zero attached hydrogens (tertiary/aromatic N) is 1. The minimum atomic E-state index is -0.397. The Kier molecular flexibility index (Phi) is 3.66. The van der Waals surface area contributed by atoms with E-state index < -0.39 is 5.63 Å². The van der Waals surface area contributed by atoms with E-state index in [1.165, 1.54) is 6.07 Å². The maximum Gasteiger partial charge on any atom is 0.336 e. The van der Waals surface area contributed by atoms with Crippen LogP contribution in [0.3, 0.4) is 0 Å². The normalized spacial score (nSPS) is 11.6. The molecule has 0 saturated heterocycles. The van der Waals surface area contributed by atoms with E-state index in [1.54, 1.807) is 12.3 Å². The van der Waals surface area contributed by atoms with Crippen LogP contribution < -0.4 is 10.4 Å². The molecule has 5 nitrogen and oxygen atoms in total. The molecule has 0 saturated carbocycles. The molecule has 0 aliphatic carbocycles. The van der Waals surface area contributed by atoms with Gasteiger partial charge in [0.1, 0.15) is 0 Å². The van der Waals surface area contributed by atoms with Gasteiger partial charge in [0, 0.05) is 23.4 Å². The van der Waals surface area contributed by atoms with Crippen molar-refractivity contribution in [1.29, 1.82) is 0 Å². The molecule has 0 spiro atoms. The summed E-state index contributed by atoms with van der Waals surface area (Å²) in [6, 6.07) is 6.93. The molecule has 0 bridgehead atoms. The lowest BCUT2D eigenvalue weighted by molar-refractivity contribution is 0.280. The Hall–Kier alpha value is -2.27. The van der Waals surface area contributed by atoms with Crippen LogP contribution in [0.5, 0.6) is 5.75 Å². The standard InChI is InChI=1S/C16H17NO4/c1-17(2)7-3-8-19-16-14-12(6-9-20-14)10-11-4-5-13(18)21-15(11)16/h4-6,9-10H,3,7-8H2,1-2H3. The van der Waals surface area contributed by atoms with E-state index in [4.69, 9.17) is 13.6 Å². The summed E-state index contributed by atoms with van der Waals surface area (Å²) < 4.78 is 16.6. The maximum atomic E-state index is 11.5. The zero-order valence-corrected chi connectivity index (χ0v) is 12.1. The van der Waals surface area contributed by atoms with E-state index in [1.807, 2.05) is 26.2 Å². The summed E-state index contributed by atoms with van der Waals surface area (Å²) in [5.74, 6) is 0.504. The molecule has 1 aromatic carbocycles. The van der Waals surface area contributed by atoms with Gasteiger partial charge in [-0.05, 0) is 38.7 Å². The third-order valence-electron chi connectivity index (χ3n) is 3.28. The second-order valence-electron chi connectivity index (χ2n) is 5.22. The Balaban J connectivity index is 2.01. The van der Waals surface area contributed by atoms with Crippen LogP contribution in [0.15, 0.2) is 44.2 Å². The summed E-state index contributed by atoms with van der Waals surface area (Å²) in [5, 5.41) is 1.75. The van der Waals surface area contributed by atoms with Gasteiger partial charge >= 0.3 is 5.63 Å². The first kappa shape index (κ1) is 13.7. The summed E-state index contributed by atoms with van der Waals surface area (Å²) in [4.78, 5) is 13.6. The number of rotatable bonds is 5. The first-order chi connectivity index (χ1) is 10.1. The van der Waals surface area contributed by atoms with E-state index in [0.717, 1.165) is 23.7 Å². The van der Waals surface area contributed by atoms with Gasteiger partial charge in [-0.1, -0.05) is 0 Å². The Morgan fingerprint density at radius 1 is 1.14 bits per heavy atom. The summed E-state index contributed by atoms with van der Waals surface area (Å²) in [7, 11) is 4.03. The second-order valence-corrected chi connectivity index (χ2v) is 5.22. The Morgan fingerprint density at radius 2 is 1.95 bits per heavy atom. The lowest BCUT2D eigenvalue weighted by Gasteiger charge is -2.11. The quantitative estimate of drug-likeness (QED) is 0.533. The summed E-state index contributed by atoms with van der Waals surface area (Å²) in [6.07, 6.45) is 2.48. The molecule has 0 unspecified atom stereocenters. The molecule has 3 rings (SSSR count). The van der Waals surface area contributed by atoms with Crippen molar-refractivity contribution in [1.82, 2.24) is 4.90 Å². The second kappa shape index (κ2) is 5.61. The van der Waals surface area contributed by atoms with Crippen LogP contribution in [0, 0.1) is 0 Å². The SMILES string of the molecule is CN(C)CCCOc1c2occc2cc2ccc(=O)oc12. The predicted molar refractivity (Wildman–Crippen MR) is 80.9 cm³/mol. The van der Waals surface area contributed by atoms with Gasteiger partial charge in [0.05, 0.1) is 12.9 Å². The van der Waals surface area contributed by atoms with Crippen LogP contribution in [0.1, 0.15) is 6.42 Å². The molecule has 0 aliphatic rings. The van der Waals surface area contributed by atoms with E-state index in [0.29, 0.717) is 23.5 Å². The van der Waals surface area contributed by atoms with Crippen LogP contribution in [0.4, 0.5) is 0 Å². The van der Waals surface area contributed by atoms with Gasteiger partial charge in [-0.15, -0.1) is 0 Å². The molecule has 0 amide bonds. The highest BCUT2D eigenvalue weighted by Gasteiger charge is 2.14. The van der Waals surface area contributed by atoms with E-state index in [9.17, 15) is 4.79 Å².